The Morgan fingerprint density at radius 3 is 2.78 bits per heavy atom. The fourth-order valence-corrected chi connectivity index (χ4v) is 2.78. The van der Waals surface area contributed by atoms with Gasteiger partial charge in [-0.05, 0) is 37.3 Å². The number of hydrogen-bond acceptors (Lipinski definition) is 2. The van der Waals surface area contributed by atoms with Crippen molar-refractivity contribution in [3.8, 4) is 0 Å². The fourth-order valence-electron chi connectivity index (χ4n) is 1.31. The molecule has 0 spiro atoms. The molecule has 100 valence electrons. The number of anilines is 1. The molecule has 1 unspecified atom stereocenters. The average Bonchev–Trinajstić information content (AvgIpc) is 2.32. The summed E-state index contributed by atoms with van der Waals surface area (Å²) in [5, 5.41) is 3.75. The molecule has 1 atom stereocenters. The summed E-state index contributed by atoms with van der Waals surface area (Å²) in [5.74, 6) is 0.972. The highest BCUT2D eigenvalue weighted by atomic mass is 35.5. The molecule has 0 saturated carbocycles. The number of carbonyl (C=O) groups excluding carboxylic acids is 1. The molecule has 0 fully saturated rings. The van der Waals surface area contributed by atoms with Gasteiger partial charge in [-0.2, -0.15) is 0 Å². The van der Waals surface area contributed by atoms with Crippen molar-refractivity contribution in [2.75, 3.05) is 11.1 Å². The Morgan fingerprint density at radius 1 is 1.44 bits per heavy atom. The first kappa shape index (κ1) is 15.7. The minimum Gasteiger partial charge on any atom is -0.324 e. The van der Waals surface area contributed by atoms with E-state index in [4.69, 9.17) is 23.2 Å². The fraction of sp³-hybridized carbons (Fsp3) is 0.462. The van der Waals surface area contributed by atoms with Gasteiger partial charge in [0, 0.05) is 5.02 Å². The molecule has 18 heavy (non-hydrogen) atoms. The Balaban J connectivity index is 2.53. The molecule has 1 aromatic carbocycles. The van der Waals surface area contributed by atoms with Crippen molar-refractivity contribution in [1.82, 2.24) is 0 Å². The zero-order valence-corrected chi connectivity index (χ0v) is 12.8. The van der Waals surface area contributed by atoms with Gasteiger partial charge in [0.1, 0.15) is 0 Å². The number of halogens is 2. The normalized spacial score (nSPS) is 12.2. The van der Waals surface area contributed by atoms with Gasteiger partial charge in [-0.3, -0.25) is 4.79 Å². The molecule has 0 radical (unpaired) electrons. The molecule has 0 saturated heterocycles. The lowest BCUT2D eigenvalue weighted by Crippen LogP contribution is -2.22. The summed E-state index contributed by atoms with van der Waals surface area (Å²) < 4.78 is 0. The van der Waals surface area contributed by atoms with Crippen molar-refractivity contribution in [3.05, 3.63) is 28.2 Å². The average molecular weight is 306 g/mol. The summed E-state index contributed by atoms with van der Waals surface area (Å²) in [6.45, 7) is 4.04. The van der Waals surface area contributed by atoms with Crippen LogP contribution in [0.15, 0.2) is 18.2 Å². The molecule has 2 nitrogen and oxygen atoms in total. The van der Waals surface area contributed by atoms with Crippen molar-refractivity contribution in [2.45, 2.75) is 31.9 Å². The number of unbranched alkanes of at least 4 members (excludes halogenated alkanes) is 1. The van der Waals surface area contributed by atoms with Crippen molar-refractivity contribution < 1.29 is 4.79 Å². The second kappa shape index (κ2) is 7.93. The smallest absolute Gasteiger partial charge is 0.237 e. The monoisotopic (exact) mass is 305 g/mol. The van der Waals surface area contributed by atoms with Gasteiger partial charge in [0.25, 0.3) is 0 Å². The Bertz CT molecular complexity index is 412. The van der Waals surface area contributed by atoms with E-state index in [1.54, 1.807) is 30.0 Å². The van der Waals surface area contributed by atoms with Crippen molar-refractivity contribution in [1.29, 1.82) is 0 Å². The number of carbonyl (C=O) groups is 1. The molecule has 5 heteroatoms. The van der Waals surface area contributed by atoms with Crippen LogP contribution in [0.25, 0.3) is 0 Å². The van der Waals surface area contributed by atoms with E-state index in [-0.39, 0.29) is 11.2 Å². The second-order valence-electron chi connectivity index (χ2n) is 3.98. The maximum Gasteiger partial charge on any atom is 0.237 e. The molecule has 1 rings (SSSR count). The molecule has 0 heterocycles. The van der Waals surface area contributed by atoms with Crippen LogP contribution in [0.3, 0.4) is 0 Å². The van der Waals surface area contributed by atoms with E-state index in [2.05, 4.69) is 12.2 Å². The van der Waals surface area contributed by atoms with Gasteiger partial charge in [-0.1, -0.05) is 36.5 Å². The molecule has 0 bridgehead atoms. The van der Waals surface area contributed by atoms with E-state index in [9.17, 15) is 4.79 Å². The maximum absolute atomic E-state index is 11.9. The minimum absolute atomic E-state index is 0.0275. The predicted octanol–water partition coefficient (Wildman–Crippen LogP) is 4.85. The van der Waals surface area contributed by atoms with E-state index in [0.29, 0.717) is 15.7 Å². The lowest BCUT2D eigenvalue weighted by atomic mass is 10.3. The molecule has 1 N–H and O–H groups in total. The van der Waals surface area contributed by atoms with Crippen molar-refractivity contribution in [3.63, 3.8) is 0 Å². The standard InChI is InChI=1S/C13H17Cl2NOS/c1-3-4-7-18-9(2)13(17)16-12-6-5-10(14)8-11(12)15/h5-6,8-9H,3-4,7H2,1-2H3,(H,16,17). The quantitative estimate of drug-likeness (QED) is 0.761. The number of amides is 1. The highest BCUT2D eigenvalue weighted by Gasteiger charge is 2.14. The van der Waals surface area contributed by atoms with Gasteiger partial charge in [-0.25, -0.2) is 0 Å². The third-order valence-corrected chi connectivity index (χ3v) is 4.21. The Labute approximate surface area is 122 Å². The van der Waals surface area contributed by atoms with Crippen LogP contribution in [-0.2, 0) is 4.79 Å². The lowest BCUT2D eigenvalue weighted by Gasteiger charge is -2.12. The van der Waals surface area contributed by atoms with E-state index in [1.165, 1.54) is 0 Å². The van der Waals surface area contributed by atoms with E-state index in [1.807, 2.05) is 6.92 Å². The molecule has 0 aromatic heterocycles. The molecular weight excluding hydrogens is 289 g/mol. The van der Waals surface area contributed by atoms with Gasteiger partial charge in [0.2, 0.25) is 5.91 Å². The largest absolute Gasteiger partial charge is 0.324 e. The van der Waals surface area contributed by atoms with Crippen LogP contribution in [0.4, 0.5) is 5.69 Å². The van der Waals surface area contributed by atoms with E-state index in [0.717, 1.165) is 18.6 Å². The highest BCUT2D eigenvalue weighted by Crippen LogP contribution is 2.26. The Morgan fingerprint density at radius 2 is 2.17 bits per heavy atom. The van der Waals surface area contributed by atoms with Gasteiger partial charge in [-0.15, -0.1) is 11.8 Å². The summed E-state index contributed by atoms with van der Waals surface area (Å²) in [6, 6.07) is 5.04. The summed E-state index contributed by atoms with van der Waals surface area (Å²) in [7, 11) is 0. The number of thioether (sulfide) groups is 1. The summed E-state index contributed by atoms with van der Waals surface area (Å²) in [5.41, 5.74) is 0.606. The molecule has 1 aromatic rings. The third kappa shape index (κ3) is 5.09. The van der Waals surface area contributed by atoms with Crippen LogP contribution in [-0.4, -0.2) is 16.9 Å². The Kier molecular flexibility index (Phi) is 6.90. The first-order valence-corrected chi connectivity index (χ1v) is 7.72. The van der Waals surface area contributed by atoms with Crippen molar-refractivity contribution in [2.24, 2.45) is 0 Å². The zero-order valence-electron chi connectivity index (χ0n) is 10.5. The summed E-state index contributed by atoms with van der Waals surface area (Å²) in [6.07, 6.45) is 2.27. The molecule has 0 aliphatic rings. The molecule has 1 amide bonds. The van der Waals surface area contributed by atoms with Gasteiger partial charge < -0.3 is 5.32 Å². The molecule has 0 aliphatic heterocycles. The van der Waals surface area contributed by atoms with E-state index < -0.39 is 0 Å². The number of benzene rings is 1. The van der Waals surface area contributed by atoms with Gasteiger partial charge >= 0.3 is 0 Å². The van der Waals surface area contributed by atoms with Gasteiger partial charge in [0.05, 0.1) is 16.0 Å². The van der Waals surface area contributed by atoms with Crippen LogP contribution in [0, 0.1) is 0 Å². The van der Waals surface area contributed by atoms with Crippen LogP contribution in [0.5, 0.6) is 0 Å². The van der Waals surface area contributed by atoms with Crippen LogP contribution >= 0.6 is 35.0 Å². The highest BCUT2D eigenvalue weighted by molar-refractivity contribution is 8.00. The predicted molar refractivity (Wildman–Crippen MR) is 81.9 cm³/mol. The maximum atomic E-state index is 11.9. The Hall–Kier alpha value is -0.380. The van der Waals surface area contributed by atoms with Gasteiger partial charge in [0.15, 0.2) is 0 Å². The SMILES string of the molecule is CCCCSC(C)C(=O)Nc1ccc(Cl)cc1Cl. The van der Waals surface area contributed by atoms with E-state index >= 15 is 0 Å². The number of rotatable bonds is 6. The lowest BCUT2D eigenvalue weighted by molar-refractivity contribution is -0.115. The molecular formula is C13H17Cl2NOS. The van der Waals surface area contributed by atoms with Crippen molar-refractivity contribution >= 4 is 46.6 Å². The van der Waals surface area contributed by atoms with Crippen LogP contribution in [0.2, 0.25) is 10.0 Å². The first-order chi connectivity index (χ1) is 8.54. The van der Waals surface area contributed by atoms with Crippen LogP contribution < -0.4 is 5.32 Å². The zero-order chi connectivity index (χ0) is 13.5. The molecule has 0 aliphatic carbocycles. The minimum atomic E-state index is -0.0803. The summed E-state index contributed by atoms with van der Waals surface area (Å²) in [4.78, 5) is 11.9. The third-order valence-electron chi connectivity index (χ3n) is 2.42. The first-order valence-electron chi connectivity index (χ1n) is 5.92. The van der Waals surface area contributed by atoms with Crippen LogP contribution in [0.1, 0.15) is 26.7 Å². The number of hydrogen-bond donors (Lipinski definition) is 1. The topological polar surface area (TPSA) is 29.1 Å². The summed E-state index contributed by atoms with van der Waals surface area (Å²) >= 11 is 13.5. The number of nitrogens with one attached hydrogen (secondary N) is 1. The second-order valence-corrected chi connectivity index (χ2v) is 6.27.